The molecule has 0 bridgehead atoms. The van der Waals surface area contributed by atoms with Crippen LogP contribution in [0, 0.1) is 10.8 Å². The van der Waals surface area contributed by atoms with E-state index in [-0.39, 0.29) is 27.8 Å². The molecule has 0 amide bonds. The Bertz CT molecular complexity index is 387. The Kier molecular flexibility index (Phi) is 6.25. The molecule has 0 N–H and O–H groups in total. The maximum atomic E-state index is 12.1. The summed E-state index contributed by atoms with van der Waals surface area (Å²) in [6, 6.07) is 0. The van der Waals surface area contributed by atoms with Crippen LogP contribution in [0.3, 0.4) is 0 Å². The third kappa shape index (κ3) is 6.48. The maximum Gasteiger partial charge on any atom is 0.192 e. The van der Waals surface area contributed by atoms with Gasteiger partial charge in [-0.1, -0.05) is 68.4 Å². The second-order valence-corrected chi connectivity index (χ2v) is 14.4. The molecule has 1 atom stereocenters. The van der Waals surface area contributed by atoms with Gasteiger partial charge >= 0.3 is 0 Å². The Labute approximate surface area is 133 Å². The Balaban J connectivity index is 5.29. The zero-order valence-corrected chi connectivity index (χ0v) is 17.0. The molecular formula is C18H36O2Si. The monoisotopic (exact) mass is 312 g/mol. The van der Waals surface area contributed by atoms with Crippen LogP contribution in [-0.2, 0) is 9.22 Å². The van der Waals surface area contributed by atoms with E-state index in [1.165, 1.54) is 0 Å². The molecule has 124 valence electrons. The van der Waals surface area contributed by atoms with Crippen molar-refractivity contribution in [3.05, 3.63) is 12.2 Å². The lowest BCUT2D eigenvalue weighted by Gasteiger charge is -2.42. The van der Waals surface area contributed by atoms with E-state index in [1.807, 2.05) is 26.8 Å². The van der Waals surface area contributed by atoms with Crippen molar-refractivity contribution in [3.8, 4) is 0 Å². The van der Waals surface area contributed by atoms with Gasteiger partial charge in [0.15, 0.2) is 14.1 Å². The minimum absolute atomic E-state index is 0.0236. The average Bonchev–Trinajstić information content (AvgIpc) is 2.18. The number of hydrogen-bond donors (Lipinski definition) is 0. The molecule has 0 aromatic carbocycles. The van der Waals surface area contributed by atoms with Crippen molar-refractivity contribution >= 4 is 14.1 Å². The highest BCUT2D eigenvalue weighted by atomic mass is 28.4. The maximum absolute atomic E-state index is 12.1. The van der Waals surface area contributed by atoms with Crippen molar-refractivity contribution in [2.24, 2.45) is 10.8 Å². The van der Waals surface area contributed by atoms with Gasteiger partial charge in [-0.05, 0) is 29.6 Å². The van der Waals surface area contributed by atoms with Gasteiger partial charge in [-0.15, -0.1) is 0 Å². The summed E-state index contributed by atoms with van der Waals surface area (Å²) in [6.45, 7) is 23.6. The first kappa shape index (κ1) is 20.6. The van der Waals surface area contributed by atoms with Crippen LogP contribution in [0.2, 0.25) is 18.1 Å². The van der Waals surface area contributed by atoms with Crippen molar-refractivity contribution in [1.29, 1.82) is 0 Å². The number of hydrogen-bond acceptors (Lipinski definition) is 2. The summed E-state index contributed by atoms with van der Waals surface area (Å²) in [4.78, 5) is 12.1. The molecule has 0 heterocycles. The number of rotatable bonds is 4. The number of allylic oxidation sites excluding steroid dienone is 1. The standard InChI is InChI=1S/C18H36O2Si/c1-16(2,3)14(19)12-13-15(17(4,5)6)20-21(10,11)18(7,8)9/h12-13,15H,1-11H3/b13-12+. The highest BCUT2D eigenvalue weighted by Crippen LogP contribution is 2.39. The summed E-state index contributed by atoms with van der Waals surface area (Å²) in [5.74, 6) is 0.149. The van der Waals surface area contributed by atoms with Gasteiger partial charge in [0.05, 0.1) is 6.10 Å². The number of carbonyl (C=O) groups excluding carboxylic acids is 1. The zero-order chi connectivity index (χ0) is 17.3. The SMILES string of the molecule is CC(C)(C)C(=O)/C=C/C(O[Si](C)(C)C(C)(C)C)C(C)(C)C. The minimum Gasteiger partial charge on any atom is -0.410 e. The summed E-state index contributed by atoms with van der Waals surface area (Å²) in [5, 5.41) is 0.165. The predicted octanol–water partition coefficient (Wildman–Crippen LogP) is 5.59. The molecule has 0 fully saturated rings. The van der Waals surface area contributed by atoms with Gasteiger partial charge < -0.3 is 4.43 Å². The highest BCUT2D eigenvalue weighted by molar-refractivity contribution is 6.74. The molecule has 1 unspecified atom stereocenters. The molecule has 0 aliphatic carbocycles. The topological polar surface area (TPSA) is 26.3 Å². The lowest BCUT2D eigenvalue weighted by atomic mass is 9.86. The van der Waals surface area contributed by atoms with Crippen molar-refractivity contribution in [2.75, 3.05) is 0 Å². The van der Waals surface area contributed by atoms with E-state index >= 15 is 0 Å². The summed E-state index contributed by atoms with van der Waals surface area (Å²) >= 11 is 0. The molecule has 2 nitrogen and oxygen atoms in total. The molecule has 0 rings (SSSR count). The van der Waals surface area contributed by atoms with Crippen LogP contribution in [0.25, 0.3) is 0 Å². The summed E-state index contributed by atoms with van der Waals surface area (Å²) < 4.78 is 6.53. The lowest BCUT2D eigenvalue weighted by molar-refractivity contribution is -0.121. The van der Waals surface area contributed by atoms with Crippen molar-refractivity contribution in [2.45, 2.75) is 86.5 Å². The fraction of sp³-hybridized carbons (Fsp3) is 0.833. The Morgan fingerprint density at radius 1 is 0.952 bits per heavy atom. The zero-order valence-electron chi connectivity index (χ0n) is 16.0. The molecule has 0 aliphatic rings. The summed E-state index contributed by atoms with van der Waals surface area (Å²) in [7, 11) is -1.86. The second kappa shape index (κ2) is 6.37. The van der Waals surface area contributed by atoms with E-state index in [4.69, 9.17) is 4.43 Å². The molecule has 0 aromatic heterocycles. The predicted molar refractivity (Wildman–Crippen MR) is 95.1 cm³/mol. The van der Waals surface area contributed by atoms with Crippen LogP contribution < -0.4 is 0 Å². The summed E-state index contributed by atoms with van der Waals surface area (Å²) in [5.41, 5.74) is -0.361. The molecule has 0 spiro atoms. The summed E-state index contributed by atoms with van der Waals surface area (Å²) in [6.07, 6.45) is 3.64. The molecular weight excluding hydrogens is 276 g/mol. The van der Waals surface area contributed by atoms with E-state index in [2.05, 4.69) is 54.6 Å². The fourth-order valence-corrected chi connectivity index (χ4v) is 2.84. The molecule has 21 heavy (non-hydrogen) atoms. The molecule has 0 saturated carbocycles. The van der Waals surface area contributed by atoms with Crippen LogP contribution in [0.5, 0.6) is 0 Å². The van der Waals surface area contributed by atoms with Crippen LogP contribution in [-0.4, -0.2) is 20.2 Å². The molecule has 0 radical (unpaired) electrons. The minimum atomic E-state index is -1.86. The van der Waals surface area contributed by atoms with E-state index < -0.39 is 8.32 Å². The van der Waals surface area contributed by atoms with Crippen molar-refractivity contribution < 1.29 is 9.22 Å². The van der Waals surface area contributed by atoms with Gasteiger partial charge in [-0.3, -0.25) is 4.79 Å². The highest BCUT2D eigenvalue weighted by Gasteiger charge is 2.41. The third-order valence-electron chi connectivity index (χ3n) is 4.24. The van der Waals surface area contributed by atoms with Crippen LogP contribution in [0.15, 0.2) is 12.2 Å². The Morgan fingerprint density at radius 2 is 1.38 bits per heavy atom. The van der Waals surface area contributed by atoms with Crippen LogP contribution in [0.4, 0.5) is 0 Å². The molecule has 0 aliphatic heterocycles. The number of ketones is 1. The van der Waals surface area contributed by atoms with E-state index in [1.54, 1.807) is 6.08 Å². The molecule has 0 aromatic rings. The quantitative estimate of drug-likeness (QED) is 0.499. The normalized spacial score (nSPS) is 16.3. The van der Waals surface area contributed by atoms with E-state index in [9.17, 15) is 4.79 Å². The van der Waals surface area contributed by atoms with Crippen molar-refractivity contribution in [1.82, 2.24) is 0 Å². The van der Waals surface area contributed by atoms with Crippen LogP contribution >= 0.6 is 0 Å². The Hall–Kier alpha value is -0.413. The van der Waals surface area contributed by atoms with Gasteiger partial charge in [-0.2, -0.15) is 0 Å². The van der Waals surface area contributed by atoms with Gasteiger partial charge in [0, 0.05) is 5.41 Å². The third-order valence-corrected chi connectivity index (χ3v) is 8.70. The second-order valence-electron chi connectivity index (χ2n) is 9.64. The van der Waals surface area contributed by atoms with Gasteiger partial charge in [-0.25, -0.2) is 0 Å². The first-order valence-electron chi connectivity index (χ1n) is 7.89. The lowest BCUT2D eigenvalue weighted by Crippen LogP contribution is -2.46. The van der Waals surface area contributed by atoms with E-state index in [0.717, 1.165) is 0 Å². The van der Waals surface area contributed by atoms with Crippen LogP contribution in [0.1, 0.15) is 62.3 Å². The molecule has 0 saturated heterocycles. The Morgan fingerprint density at radius 3 is 1.67 bits per heavy atom. The van der Waals surface area contributed by atoms with E-state index in [0.29, 0.717) is 0 Å². The first-order chi connectivity index (χ1) is 8.98. The van der Waals surface area contributed by atoms with Gasteiger partial charge in [0.1, 0.15) is 0 Å². The van der Waals surface area contributed by atoms with Crippen molar-refractivity contribution in [3.63, 3.8) is 0 Å². The van der Waals surface area contributed by atoms with Gasteiger partial charge in [0.2, 0.25) is 0 Å². The average molecular weight is 313 g/mol. The molecule has 3 heteroatoms. The first-order valence-corrected chi connectivity index (χ1v) is 10.8. The van der Waals surface area contributed by atoms with Gasteiger partial charge in [0.25, 0.3) is 0 Å². The number of carbonyl (C=O) groups is 1. The fourth-order valence-electron chi connectivity index (χ4n) is 1.42. The largest absolute Gasteiger partial charge is 0.410 e. The smallest absolute Gasteiger partial charge is 0.192 e.